The molecule has 0 radical (unpaired) electrons. The summed E-state index contributed by atoms with van der Waals surface area (Å²) in [5.74, 6) is 0. The lowest BCUT2D eigenvalue weighted by molar-refractivity contribution is 0.107. The molecule has 0 saturated carbocycles. The van der Waals surface area contributed by atoms with Crippen molar-refractivity contribution < 1.29 is 9.59 Å². The molecular formula is C28H26Br2Cl2O2. The summed E-state index contributed by atoms with van der Waals surface area (Å²) in [5, 5.41) is -0.830. The normalized spacial score (nSPS) is 10.9. The topological polar surface area (TPSA) is 34.1 Å². The molecule has 0 unspecified atom stereocenters. The van der Waals surface area contributed by atoms with Crippen molar-refractivity contribution in [1.82, 2.24) is 0 Å². The van der Waals surface area contributed by atoms with Gasteiger partial charge in [0.25, 0.3) is 10.5 Å². The molecule has 0 aliphatic carbocycles. The second-order valence-corrected chi connectivity index (χ2v) is 10.8. The number of rotatable bonds is 12. The fourth-order valence-electron chi connectivity index (χ4n) is 3.91. The molecule has 0 N–H and O–H groups in total. The van der Waals surface area contributed by atoms with Gasteiger partial charge in [0, 0.05) is 20.1 Å². The minimum absolute atomic E-state index is 0.415. The van der Waals surface area contributed by atoms with Crippen LogP contribution in [0.5, 0.6) is 0 Å². The molecule has 6 heteroatoms. The fraction of sp³-hybridized carbons (Fsp3) is 0.286. The lowest BCUT2D eigenvalue weighted by atomic mass is 10.00. The van der Waals surface area contributed by atoms with E-state index >= 15 is 0 Å². The molecule has 0 saturated heterocycles. The highest BCUT2D eigenvalue weighted by molar-refractivity contribution is 9.11. The van der Waals surface area contributed by atoms with E-state index < -0.39 is 10.5 Å². The molecule has 0 amide bonds. The second kappa shape index (κ2) is 13.6. The van der Waals surface area contributed by atoms with Crippen molar-refractivity contribution in [3.63, 3.8) is 0 Å². The van der Waals surface area contributed by atoms with Crippen LogP contribution in [0.15, 0.2) is 69.6 Å². The van der Waals surface area contributed by atoms with Gasteiger partial charge in [-0.3, -0.25) is 9.59 Å². The Morgan fingerprint density at radius 2 is 0.882 bits per heavy atom. The number of benzene rings is 3. The fourth-order valence-corrected chi connectivity index (χ4v) is 5.34. The predicted octanol–water partition coefficient (Wildman–Crippen LogP) is 9.10. The van der Waals surface area contributed by atoms with Crippen LogP contribution in [0.4, 0.5) is 0 Å². The first kappa shape index (κ1) is 27.1. The zero-order chi connectivity index (χ0) is 24.5. The van der Waals surface area contributed by atoms with Gasteiger partial charge in [0.15, 0.2) is 0 Å². The van der Waals surface area contributed by atoms with Crippen LogP contribution in [0.25, 0.3) is 0 Å². The lowest BCUT2D eigenvalue weighted by Gasteiger charge is -2.11. The van der Waals surface area contributed by atoms with Gasteiger partial charge in [-0.1, -0.05) is 56.1 Å². The van der Waals surface area contributed by atoms with E-state index in [1.807, 2.05) is 24.3 Å². The van der Waals surface area contributed by atoms with Crippen LogP contribution in [0, 0.1) is 0 Å². The molecule has 3 rings (SSSR count). The average molecular weight is 625 g/mol. The van der Waals surface area contributed by atoms with E-state index in [-0.39, 0.29) is 0 Å². The number of hydrogen-bond acceptors (Lipinski definition) is 2. The SMILES string of the molecule is O=C(Cl)c1ccc(CCCCc2cc(Br)c(CCCCc3ccc(C(=O)Cl)cc3)cc2Br)cc1. The van der Waals surface area contributed by atoms with Crippen LogP contribution in [0.2, 0.25) is 0 Å². The Morgan fingerprint density at radius 3 is 1.21 bits per heavy atom. The molecule has 2 nitrogen and oxygen atoms in total. The first-order chi connectivity index (χ1) is 16.3. The van der Waals surface area contributed by atoms with Crippen molar-refractivity contribution in [3.8, 4) is 0 Å². The molecule has 0 heterocycles. The van der Waals surface area contributed by atoms with Crippen molar-refractivity contribution >= 4 is 65.5 Å². The van der Waals surface area contributed by atoms with Gasteiger partial charge in [-0.15, -0.1) is 0 Å². The van der Waals surface area contributed by atoms with Gasteiger partial charge in [0.05, 0.1) is 0 Å². The van der Waals surface area contributed by atoms with E-state index in [4.69, 9.17) is 23.2 Å². The average Bonchev–Trinajstić information content (AvgIpc) is 2.82. The molecule has 0 atom stereocenters. The molecule has 0 aliphatic rings. The Kier molecular flexibility index (Phi) is 10.8. The highest BCUT2D eigenvalue weighted by atomic mass is 79.9. The monoisotopic (exact) mass is 622 g/mol. The van der Waals surface area contributed by atoms with Crippen LogP contribution in [-0.2, 0) is 25.7 Å². The van der Waals surface area contributed by atoms with Crippen LogP contribution in [0.3, 0.4) is 0 Å². The van der Waals surface area contributed by atoms with Crippen molar-refractivity contribution in [2.75, 3.05) is 0 Å². The van der Waals surface area contributed by atoms with E-state index in [1.54, 1.807) is 24.3 Å². The number of unbranched alkanes of at least 4 members (excludes halogenated alkanes) is 2. The zero-order valence-corrected chi connectivity index (χ0v) is 23.4. The maximum absolute atomic E-state index is 11.2. The molecule has 3 aromatic rings. The Balaban J connectivity index is 1.42. The van der Waals surface area contributed by atoms with Crippen molar-refractivity contribution in [2.45, 2.75) is 51.4 Å². The number of aryl methyl sites for hydroxylation is 4. The number of carbonyl (C=O) groups excluding carboxylic acids is 2. The van der Waals surface area contributed by atoms with Gasteiger partial charge >= 0.3 is 0 Å². The van der Waals surface area contributed by atoms with Crippen molar-refractivity contribution in [3.05, 3.63) is 103 Å². The summed E-state index contributed by atoms with van der Waals surface area (Å²) in [6.45, 7) is 0. The standard InChI is InChI=1S/C28H26Br2Cl2O2/c29-25-18-24(8-4-2-6-20-11-15-22(16-12-20)28(32)34)26(30)17-23(25)7-3-1-5-19-9-13-21(14-10-19)27(31)33/h9-18H,1-8H2. The first-order valence-electron chi connectivity index (χ1n) is 11.4. The molecule has 178 valence electrons. The summed E-state index contributed by atoms with van der Waals surface area (Å²) < 4.78 is 2.33. The lowest BCUT2D eigenvalue weighted by Crippen LogP contribution is -1.96. The molecule has 3 aromatic carbocycles. The third-order valence-corrected chi connectivity index (χ3v) is 7.81. The second-order valence-electron chi connectivity index (χ2n) is 8.39. The molecule has 0 aromatic heterocycles. The van der Waals surface area contributed by atoms with Crippen LogP contribution < -0.4 is 0 Å². The summed E-state index contributed by atoms with van der Waals surface area (Å²) in [7, 11) is 0. The highest BCUT2D eigenvalue weighted by Crippen LogP contribution is 2.29. The van der Waals surface area contributed by atoms with Gasteiger partial charge in [0.2, 0.25) is 0 Å². The van der Waals surface area contributed by atoms with Crippen molar-refractivity contribution in [2.24, 2.45) is 0 Å². The molecule has 34 heavy (non-hydrogen) atoms. The molecule has 0 aliphatic heterocycles. The maximum atomic E-state index is 11.2. The van der Waals surface area contributed by atoms with Crippen LogP contribution in [0.1, 0.15) is 68.7 Å². The summed E-state index contributed by atoms with van der Waals surface area (Å²) >= 11 is 18.5. The minimum Gasteiger partial charge on any atom is -0.276 e. The van der Waals surface area contributed by atoms with Gasteiger partial charge in [-0.2, -0.15) is 0 Å². The number of carbonyl (C=O) groups is 2. The largest absolute Gasteiger partial charge is 0.276 e. The van der Waals surface area contributed by atoms with Gasteiger partial charge in [0.1, 0.15) is 0 Å². The smallest absolute Gasteiger partial charge is 0.252 e. The van der Waals surface area contributed by atoms with Crippen LogP contribution in [-0.4, -0.2) is 10.5 Å². The molecular weight excluding hydrogens is 599 g/mol. The van der Waals surface area contributed by atoms with Crippen LogP contribution >= 0.6 is 55.1 Å². The third-order valence-electron chi connectivity index (χ3n) is 5.90. The van der Waals surface area contributed by atoms with E-state index in [9.17, 15) is 9.59 Å². The Labute approximate surface area is 228 Å². The van der Waals surface area contributed by atoms with E-state index in [0.29, 0.717) is 11.1 Å². The van der Waals surface area contributed by atoms with E-state index in [1.165, 1.54) is 22.3 Å². The molecule has 0 spiro atoms. The third kappa shape index (κ3) is 8.34. The summed E-state index contributed by atoms with van der Waals surface area (Å²) in [6.07, 6.45) is 8.34. The van der Waals surface area contributed by atoms with E-state index in [0.717, 1.165) is 60.3 Å². The quantitative estimate of drug-likeness (QED) is 0.149. The Bertz CT molecular complexity index is 1040. The number of halogens is 4. The Hall–Kier alpha value is -1.46. The minimum atomic E-state index is -0.415. The first-order valence-corrected chi connectivity index (χ1v) is 13.7. The highest BCUT2D eigenvalue weighted by Gasteiger charge is 2.08. The molecule has 0 bridgehead atoms. The zero-order valence-electron chi connectivity index (χ0n) is 18.8. The van der Waals surface area contributed by atoms with E-state index in [2.05, 4.69) is 44.0 Å². The number of hydrogen-bond donors (Lipinski definition) is 0. The summed E-state index contributed by atoms with van der Waals surface area (Å²) in [4.78, 5) is 22.3. The predicted molar refractivity (Wildman–Crippen MR) is 148 cm³/mol. The maximum Gasteiger partial charge on any atom is 0.252 e. The Morgan fingerprint density at radius 1 is 0.559 bits per heavy atom. The van der Waals surface area contributed by atoms with Gasteiger partial charge in [-0.25, -0.2) is 0 Å². The van der Waals surface area contributed by atoms with Crippen molar-refractivity contribution in [1.29, 1.82) is 0 Å². The summed E-state index contributed by atoms with van der Waals surface area (Å²) in [5.41, 5.74) is 6.15. The summed E-state index contributed by atoms with van der Waals surface area (Å²) in [6, 6.07) is 19.5. The molecule has 0 fully saturated rings. The van der Waals surface area contributed by atoms with Gasteiger partial charge in [-0.05, 0) is 133 Å². The van der Waals surface area contributed by atoms with Gasteiger partial charge < -0.3 is 0 Å².